The highest BCUT2D eigenvalue weighted by molar-refractivity contribution is 5.87. The molecule has 12 nitrogen and oxygen atoms in total. The smallest absolute Gasteiger partial charge is 0.364 e. The van der Waals surface area contributed by atoms with Crippen molar-refractivity contribution in [2.75, 3.05) is 26.2 Å². The lowest BCUT2D eigenvalue weighted by Crippen LogP contribution is -2.46. The number of carbonyl (C=O) groups excluding carboxylic acids is 4. The summed E-state index contributed by atoms with van der Waals surface area (Å²) in [5.41, 5.74) is 10.9. The van der Waals surface area contributed by atoms with E-state index in [-0.39, 0.29) is 50.9 Å². The Kier molecular flexibility index (Phi) is 6.47. The summed E-state index contributed by atoms with van der Waals surface area (Å²) in [6, 6.07) is 0. The first-order valence-electron chi connectivity index (χ1n) is 8.07. The Balaban J connectivity index is 1.86. The molecule has 2 fully saturated rings. The Morgan fingerprint density at radius 3 is 1.54 bits per heavy atom. The maximum Gasteiger partial charge on any atom is 0.364 e. The van der Waals surface area contributed by atoms with Gasteiger partial charge >= 0.3 is 11.9 Å². The van der Waals surface area contributed by atoms with Gasteiger partial charge in [-0.25, -0.2) is 9.59 Å². The van der Waals surface area contributed by atoms with Gasteiger partial charge in [0.1, 0.15) is 0 Å². The maximum absolute atomic E-state index is 11.8. The Morgan fingerprint density at radius 2 is 1.27 bits per heavy atom. The molecule has 0 aromatic rings. The van der Waals surface area contributed by atoms with E-state index in [1.54, 1.807) is 0 Å². The molecule has 2 amide bonds. The Bertz CT molecular complexity index is 535. The Hall–Kier alpha value is -2.28. The first-order valence-corrected chi connectivity index (χ1v) is 8.07. The van der Waals surface area contributed by atoms with Crippen molar-refractivity contribution < 1.29 is 39.1 Å². The summed E-state index contributed by atoms with van der Waals surface area (Å²) in [5.74, 6) is -4.22. The predicted octanol–water partition coefficient (Wildman–Crippen LogP) is -3.76. The molecule has 4 unspecified atom stereocenters. The van der Waals surface area contributed by atoms with Crippen molar-refractivity contribution in [3.8, 4) is 0 Å². The van der Waals surface area contributed by atoms with Crippen LogP contribution in [0.3, 0.4) is 0 Å². The number of aliphatic hydroxyl groups is 2. The van der Waals surface area contributed by atoms with E-state index in [9.17, 15) is 29.4 Å². The molecule has 0 saturated carbocycles. The van der Waals surface area contributed by atoms with Crippen molar-refractivity contribution in [3.05, 3.63) is 0 Å². The fraction of sp³-hybridized carbons (Fsp3) is 0.714. The van der Waals surface area contributed by atoms with Crippen LogP contribution in [0, 0.1) is 11.8 Å². The van der Waals surface area contributed by atoms with E-state index < -0.39 is 36.0 Å². The average Bonchev–Trinajstić information content (AvgIpc) is 3.15. The van der Waals surface area contributed by atoms with Crippen LogP contribution in [0.15, 0.2) is 0 Å². The zero-order valence-corrected chi connectivity index (χ0v) is 13.9. The van der Waals surface area contributed by atoms with Gasteiger partial charge in [0, 0.05) is 24.7 Å². The highest BCUT2D eigenvalue weighted by Crippen LogP contribution is 2.19. The molecule has 26 heavy (non-hydrogen) atoms. The van der Waals surface area contributed by atoms with Gasteiger partial charge in [-0.05, 0) is 13.1 Å². The van der Waals surface area contributed by atoms with Crippen LogP contribution >= 0.6 is 0 Å². The van der Waals surface area contributed by atoms with Crippen molar-refractivity contribution in [3.63, 3.8) is 0 Å². The predicted molar refractivity (Wildman–Crippen MR) is 81.9 cm³/mol. The highest BCUT2D eigenvalue weighted by atomic mass is 16.7. The molecule has 0 spiro atoms. The van der Waals surface area contributed by atoms with Crippen LogP contribution in [-0.2, 0) is 28.9 Å². The number of rotatable bonds is 7. The highest BCUT2D eigenvalue weighted by Gasteiger charge is 2.40. The molecule has 0 aromatic carbocycles. The van der Waals surface area contributed by atoms with Gasteiger partial charge in [-0.1, -0.05) is 0 Å². The minimum Gasteiger partial charge on any atom is -0.379 e. The molecule has 146 valence electrons. The van der Waals surface area contributed by atoms with E-state index in [1.165, 1.54) is 0 Å². The lowest BCUT2D eigenvalue weighted by molar-refractivity contribution is -0.215. The quantitative estimate of drug-likeness (QED) is 0.345. The van der Waals surface area contributed by atoms with E-state index in [0.29, 0.717) is 0 Å². The van der Waals surface area contributed by atoms with Gasteiger partial charge in [0.25, 0.3) is 11.8 Å². The summed E-state index contributed by atoms with van der Waals surface area (Å²) in [5, 5.41) is 20.9. The standard InChI is InChI=1S/C14H22N4O8/c15-3-7-1-9(19)17(5-7)25-13(23)11(21)12(22)14(24)26-18-6-8(4-16)2-10(18)20/h7-8,11-12,21-22H,1-6,15-16H2. The number of hydrogen-bond acceptors (Lipinski definition) is 10. The lowest BCUT2D eigenvalue weighted by Gasteiger charge is -2.21. The summed E-state index contributed by atoms with van der Waals surface area (Å²) in [4.78, 5) is 56.3. The topological polar surface area (TPSA) is 186 Å². The lowest BCUT2D eigenvalue weighted by atomic mass is 10.1. The number of amides is 2. The third-order valence-corrected chi connectivity index (χ3v) is 4.18. The van der Waals surface area contributed by atoms with Gasteiger partial charge in [-0.3, -0.25) is 9.59 Å². The fourth-order valence-electron chi connectivity index (χ4n) is 2.57. The zero-order chi connectivity index (χ0) is 19.4. The van der Waals surface area contributed by atoms with Crippen molar-refractivity contribution >= 4 is 23.8 Å². The van der Waals surface area contributed by atoms with Crippen molar-refractivity contribution in [1.82, 2.24) is 10.1 Å². The van der Waals surface area contributed by atoms with Gasteiger partial charge in [-0.15, -0.1) is 0 Å². The van der Waals surface area contributed by atoms with Crippen molar-refractivity contribution in [1.29, 1.82) is 0 Å². The second-order valence-corrected chi connectivity index (χ2v) is 6.23. The first kappa shape index (κ1) is 20.0. The fourth-order valence-corrected chi connectivity index (χ4v) is 2.57. The number of hydrogen-bond donors (Lipinski definition) is 4. The molecule has 0 bridgehead atoms. The molecule has 2 aliphatic heterocycles. The monoisotopic (exact) mass is 374 g/mol. The normalized spacial score (nSPS) is 25.4. The van der Waals surface area contributed by atoms with E-state index in [4.69, 9.17) is 11.5 Å². The van der Waals surface area contributed by atoms with Crippen molar-refractivity contribution in [2.45, 2.75) is 25.0 Å². The number of nitrogens with two attached hydrogens (primary N) is 2. The molecule has 2 rings (SSSR count). The van der Waals surface area contributed by atoms with Gasteiger partial charge in [0.2, 0.25) is 0 Å². The number of hydroxylamine groups is 4. The van der Waals surface area contributed by atoms with Crippen LogP contribution in [0.5, 0.6) is 0 Å². The van der Waals surface area contributed by atoms with Crippen LogP contribution in [0.4, 0.5) is 0 Å². The maximum atomic E-state index is 11.8. The SMILES string of the molecule is NCC1CC(=O)N(OC(=O)C(O)C(O)C(=O)ON2CC(CN)CC2=O)C1. The van der Waals surface area contributed by atoms with Crippen LogP contribution in [0.2, 0.25) is 0 Å². The molecule has 2 saturated heterocycles. The van der Waals surface area contributed by atoms with E-state index in [0.717, 1.165) is 10.1 Å². The molecule has 0 radical (unpaired) electrons. The van der Waals surface area contributed by atoms with Crippen molar-refractivity contribution in [2.24, 2.45) is 23.3 Å². The average molecular weight is 374 g/mol. The summed E-state index contributed by atoms with van der Waals surface area (Å²) in [7, 11) is 0. The molecule has 0 aromatic heterocycles. The van der Waals surface area contributed by atoms with Crippen LogP contribution in [0.1, 0.15) is 12.8 Å². The molecule has 12 heteroatoms. The summed E-state index contributed by atoms with van der Waals surface area (Å²) in [6.07, 6.45) is -4.42. The summed E-state index contributed by atoms with van der Waals surface area (Å²) in [6.45, 7) is 0.532. The molecular weight excluding hydrogens is 352 g/mol. The van der Waals surface area contributed by atoms with E-state index in [1.807, 2.05) is 0 Å². The Labute approximate surface area is 148 Å². The second kappa shape index (κ2) is 8.40. The van der Waals surface area contributed by atoms with E-state index in [2.05, 4.69) is 9.68 Å². The van der Waals surface area contributed by atoms with Gasteiger partial charge in [0.15, 0.2) is 12.2 Å². The molecule has 2 heterocycles. The third kappa shape index (κ3) is 4.46. The summed E-state index contributed by atoms with van der Waals surface area (Å²) < 4.78 is 0. The largest absolute Gasteiger partial charge is 0.379 e. The molecule has 6 N–H and O–H groups in total. The molecule has 0 aliphatic carbocycles. The van der Waals surface area contributed by atoms with Gasteiger partial charge in [0.05, 0.1) is 13.1 Å². The number of carbonyl (C=O) groups is 4. The molecular formula is C14H22N4O8. The Morgan fingerprint density at radius 1 is 0.923 bits per heavy atom. The van der Waals surface area contributed by atoms with Gasteiger partial charge < -0.3 is 31.4 Å². The van der Waals surface area contributed by atoms with Crippen LogP contribution < -0.4 is 11.5 Å². The van der Waals surface area contributed by atoms with E-state index >= 15 is 0 Å². The zero-order valence-electron chi connectivity index (χ0n) is 13.9. The number of aliphatic hydroxyl groups excluding tert-OH is 2. The van der Waals surface area contributed by atoms with Gasteiger partial charge in [-0.2, -0.15) is 10.1 Å². The van der Waals surface area contributed by atoms with Crippen LogP contribution in [-0.4, -0.2) is 82.5 Å². The first-order chi connectivity index (χ1) is 12.3. The van der Waals surface area contributed by atoms with Crippen LogP contribution in [0.25, 0.3) is 0 Å². The number of nitrogens with zero attached hydrogens (tertiary/aromatic N) is 2. The molecule has 4 atom stereocenters. The summed E-state index contributed by atoms with van der Waals surface area (Å²) >= 11 is 0. The minimum atomic E-state index is -2.30. The molecule has 2 aliphatic rings. The minimum absolute atomic E-state index is 0.0527. The third-order valence-electron chi connectivity index (χ3n) is 4.18. The second-order valence-electron chi connectivity index (χ2n) is 6.23.